The quantitative estimate of drug-likeness (QED) is 0.435. The number of aliphatic imine (C=N–C) groups is 1. The van der Waals surface area contributed by atoms with Crippen LogP contribution in [0, 0.1) is 5.82 Å². The molecule has 0 saturated carbocycles. The van der Waals surface area contributed by atoms with Crippen LogP contribution in [0.3, 0.4) is 0 Å². The van der Waals surface area contributed by atoms with E-state index in [1.165, 1.54) is 12.1 Å². The van der Waals surface area contributed by atoms with E-state index in [0.29, 0.717) is 24.9 Å². The van der Waals surface area contributed by atoms with Crippen molar-refractivity contribution in [2.45, 2.75) is 13.1 Å². The molecule has 2 aromatic rings. The Morgan fingerprint density at radius 1 is 1.17 bits per heavy atom. The molecule has 0 atom stereocenters. The van der Waals surface area contributed by atoms with Gasteiger partial charge in [0.15, 0.2) is 5.96 Å². The van der Waals surface area contributed by atoms with E-state index < -0.39 is 0 Å². The number of benzene rings is 1. The molecule has 0 unspecified atom stereocenters. The van der Waals surface area contributed by atoms with Crippen molar-refractivity contribution >= 4 is 29.9 Å². The van der Waals surface area contributed by atoms with Gasteiger partial charge in [0.2, 0.25) is 5.88 Å². The van der Waals surface area contributed by atoms with E-state index in [0.717, 1.165) is 11.1 Å². The predicted octanol–water partition coefficient (Wildman–Crippen LogP) is 2.71. The van der Waals surface area contributed by atoms with E-state index in [2.05, 4.69) is 20.6 Å². The fourth-order valence-electron chi connectivity index (χ4n) is 1.91. The Hall–Kier alpha value is -1.90. The van der Waals surface area contributed by atoms with Gasteiger partial charge in [0, 0.05) is 32.4 Å². The lowest BCUT2D eigenvalue weighted by molar-refractivity contribution is 0.397. The summed E-state index contributed by atoms with van der Waals surface area (Å²) in [5.41, 5.74) is 1.88. The molecule has 2 N–H and O–H groups in total. The van der Waals surface area contributed by atoms with Gasteiger partial charge in [0.1, 0.15) is 5.82 Å². The molecule has 0 radical (unpaired) electrons. The predicted molar refractivity (Wildman–Crippen MR) is 99.6 cm³/mol. The normalized spacial score (nSPS) is 10.7. The van der Waals surface area contributed by atoms with Gasteiger partial charge < -0.3 is 15.4 Å². The number of nitrogens with one attached hydrogen (secondary N) is 2. The van der Waals surface area contributed by atoms with Crippen LogP contribution >= 0.6 is 24.0 Å². The number of pyridine rings is 1. The summed E-state index contributed by atoms with van der Waals surface area (Å²) >= 11 is 0. The first-order valence-electron chi connectivity index (χ1n) is 6.89. The Bertz CT molecular complexity index is 651. The van der Waals surface area contributed by atoms with Crippen LogP contribution in [0.25, 0.3) is 0 Å². The maximum atomic E-state index is 13.1. The lowest BCUT2D eigenvalue weighted by Gasteiger charge is -2.12. The average molecular weight is 430 g/mol. The van der Waals surface area contributed by atoms with E-state index in [-0.39, 0.29) is 29.8 Å². The summed E-state index contributed by atoms with van der Waals surface area (Å²) in [6, 6.07) is 10.2. The zero-order chi connectivity index (χ0) is 15.8. The Morgan fingerprint density at radius 2 is 1.87 bits per heavy atom. The smallest absolute Gasteiger partial charge is 0.213 e. The van der Waals surface area contributed by atoms with Crippen molar-refractivity contribution < 1.29 is 9.13 Å². The lowest BCUT2D eigenvalue weighted by Crippen LogP contribution is -2.36. The number of hydrogen-bond donors (Lipinski definition) is 2. The van der Waals surface area contributed by atoms with Crippen LogP contribution < -0.4 is 15.4 Å². The van der Waals surface area contributed by atoms with Crippen molar-refractivity contribution in [2.75, 3.05) is 14.2 Å². The molecule has 7 heteroatoms. The van der Waals surface area contributed by atoms with E-state index >= 15 is 0 Å². The van der Waals surface area contributed by atoms with Crippen LogP contribution in [0.4, 0.5) is 4.39 Å². The SMILES string of the molecule is CN=C(NCc1cccc(F)c1)NCc1ccnc(OC)c1.I. The minimum Gasteiger partial charge on any atom is -0.481 e. The van der Waals surface area contributed by atoms with Gasteiger partial charge in [0.25, 0.3) is 0 Å². The highest BCUT2D eigenvalue weighted by Crippen LogP contribution is 2.08. The molecule has 0 aliphatic rings. The van der Waals surface area contributed by atoms with Crippen LogP contribution in [-0.2, 0) is 13.1 Å². The first-order valence-corrected chi connectivity index (χ1v) is 6.89. The first kappa shape index (κ1) is 19.1. The van der Waals surface area contributed by atoms with Gasteiger partial charge in [-0.1, -0.05) is 12.1 Å². The summed E-state index contributed by atoms with van der Waals surface area (Å²) in [4.78, 5) is 8.20. The van der Waals surface area contributed by atoms with Crippen LogP contribution in [0.1, 0.15) is 11.1 Å². The van der Waals surface area contributed by atoms with Crippen molar-refractivity contribution in [3.05, 3.63) is 59.5 Å². The van der Waals surface area contributed by atoms with Crippen molar-refractivity contribution in [1.29, 1.82) is 0 Å². The molecular formula is C16H20FIN4O. The maximum absolute atomic E-state index is 13.1. The van der Waals surface area contributed by atoms with Crippen molar-refractivity contribution in [3.8, 4) is 5.88 Å². The topological polar surface area (TPSA) is 58.5 Å². The fourth-order valence-corrected chi connectivity index (χ4v) is 1.91. The number of methoxy groups -OCH3 is 1. The molecule has 0 saturated heterocycles. The standard InChI is InChI=1S/C16H19FN4O.HI/c1-18-16(20-10-12-4-3-5-14(17)8-12)21-11-13-6-7-19-15(9-13)22-2;/h3-9H,10-11H2,1-2H3,(H2,18,20,21);1H. The summed E-state index contributed by atoms with van der Waals surface area (Å²) in [5, 5.41) is 6.32. The third kappa shape index (κ3) is 6.39. The van der Waals surface area contributed by atoms with Gasteiger partial charge in [-0.15, -0.1) is 24.0 Å². The maximum Gasteiger partial charge on any atom is 0.213 e. The van der Waals surface area contributed by atoms with Crippen molar-refractivity contribution in [3.63, 3.8) is 0 Å². The van der Waals surface area contributed by atoms with Gasteiger partial charge >= 0.3 is 0 Å². The molecule has 23 heavy (non-hydrogen) atoms. The molecule has 0 amide bonds. The Kier molecular flexibility index (Phi) is 8.31. The van der Waals surface area contributed by atoms with E-state index in [9.17, 15) is 4.39 Å². The molecule has 1 aromatic heterocycles. The summed E-state index contributed by atoms with van der Waals surface area (Å²) in [6.45, 7) is 1.08. The Labute approximate surface area is 152 Å². The number of nitrogens with zero attached hydrogens (tertiary/aromatic N) is 2. The van der Waals surface area contributed by atoms with Crippen LogP contribution in [-0.4, -0.2) is 25.1 Å². The van der Waals surface area contributed by atoms with Crippen LogP contribution in [0.15, 0.2) is 47.6 Å². The molecule has 2 rings (SSSR count). The lowest BCUT2D eigenvalue weighted by atomic mass is 10.2. The van der Waals surface area contributed by atoms with Crippen molar-refractivity contribution in [2.24, 2.45) is 4.99 Å². The number of halogens is 2. The van der Waals surface area contributed by atoms with E-state index in [4.69, 9.17) is 4.74 Å². The summed E-state index contributed by atoms with van der Waals surface area (Å²) < 4.78 is 18.2. The molecule has 0 aliphatic carbocycles. The zero-order valence-corrected chi connectivity index (χ0v) is 15.4. The molecule has 0 bridgehead atoms. The number of hydrogen-bond acceptors (Lipinski definition) is 3. The molecule has 124 valence electrons. The van der Waals surface area contributed by atoms with Crippen LogP contribution in [0.2, 0.25) is 0 Å². The third-order valence-corrected chi connectivity index (χ3v) is 3.04. The van der Waals surface area contributed by atoms with Crippen LogP contribution in [0.5, 0.6) is 5.88 Å². The largest absolute Gasteiger partial charge is 0.481 e. The highest BCUT2D eigenvalue weighted by atomic mass is 127. The minimum atomic E-state index is -0.244. The van der Waals surface area contributed by atoms with Gasteiger partial charge in [-0.3, -0.25) is 4.99 Å². The molecule has 5 nitrogen and oxygen atoms in total. The molecular weight excluding hydrogens is 410 g/mol. The Balaban J connectivity index is 0.00000264. The second kappa shape index (κ2) is 9.98. The molecule has 0 fully saturated rings. The molecule has 0 aliphatic heterocycles. The second-order valence-electron chi connectivity index (χ2n) is 4.62. The molecule has 1 aromatic carbocycles. The summed E-state index contributed by atoms with van der Waals surface area (Å²) in [7, 11) is 3.27. The summed E-state index contributed by atoms with van der Waals surface area (Å²) in [5.74, 6) is 0.966. The fraction of sp³-hybridized carbons (Fsp3) is 0.250. The van der Waals surface area contributed by atoms with Gasteiger partial charge in [-0.2, -0.15) is 0 Å². The Morgan fingerprint density at radius 3 is 2.48 bits per heavy atom. The third-order valence-electron chi connectivity index (χ3n) is 3.04. The second-order valence-corrected chi connectivity index (χ2v) is 4.62. The number of ether oxygens (including phenoxy) is 1. The first-order chi connectivity index (χ1) is 10.7. The van der Waals surface area contributed by atoms with Gasteiger partial charge in [0.05, 0.1) is 7.11 Å². The van der Waals surface area contributed by atoms with Gasteiger partial charge in [-0.25, -0.2) is 9.37 Å². The van der Waals surface area contributed by atoms with Gasteiger partial charge in [-0.05, 0) is 29.3 Å². The number of rotatable bonds is 5. The number of guanidine groups is 1. The summed E-state index contributed by atoms with van der Waals surface area (Å²) in [6.07, 6.45) is 1.69. The van der Waals surface area contributed by atoms with Crippen molar-refractivity contribution in [1.82, 2.24) is 15.6 Å². The average Bonchev–Trinajstić information content (AvgIpc) is 2.55. The zero-order valence-electron chi connectivity index (χ0n) is 13.0. The highest BCUT2D eigenvalue weighted by Gasteiger charge is 2.01. The van der Waals surface area contributed by atoms with E-state index in [1.54, 1.807) is 26.4 Å². The van der Waals surface area contributed by atoms with E-state index in [1.807, 2.05) is 18.2 Å². The molecule has 1 heterocycles. The molecule has 0 spiro atoms. The minimum absolute atomic E-state index is 0. The number of aromatic nitrogens is 1. The monoisotopic (exact) mass is 430 g/mol. The highest BCUT2D eigenvalue weighted by molar-refractivity contribution is 14.0.